The summed E-state index contributed by atoms with van der Waals surface area (Å²) in [5.41, 5.74) is 0.857. The zero-order chi connectivity index (χ0) is 20.6. The highest BCUT2D eigenvalue weighted by molar-refractivity contribution is 6.08. The van der Waals surface area contributed by atoms with E-state index in [2.05, 4.69) is 20.4 Å². The molecule has 0 spiro atoms. The van der Waals surface area contributed by atoms with Crippen molar-refractivity contribution in [3.63, 3.8) is 0 Å². The van der Waals surface area contributed by atoms with Gasteiger partial charge in [-0.25, -0.2) is 9.50 Å². The molecule has 0 aliphatic rings. The molecule has 0 radical (unpaired) electrons. The number of alkyl halides is 3. The lowest BCUT2D eigenvalue weighted by atomic mass is 10.0. The number of halogens is 3. The summed E-state index contributed by atoms with van der Waals surface area (Å²) in [6.07, 6.45) is 1.38. The molecule has 4 rings (SSSR count). The lowest BCUT2D eigenvalue weighted by Gasteiger charge is -2.12. The first-order chi connectivity index (χ1) is 13.8. The zero-order valence-electron chi connectivity index (χ0n) is 15.1. The largest absolute Gasteiger partial charge is 0.417 e. The average Bonchev–Trinajstić information content (AvgIpc) is 3.12. The Morgan fingerprint density at radius 3 is 2.66 bits per heavy atom. The minimum atomic E-state index is -4.53. The summed E-state index contributed by atoms with van der Waals surface area (Å²) in [7, 11) is 0. The highest BCUT2D eigenvalue weighted by Gasteiger charge is 2.33. The molecule has 1 aromatic carbocycles. The van der Waals surface area contributed by atoms with E-state index in [1.54, 1.807) is 12.3 Å². The standard InChI is InChI=1S/C20H14F3N5O/c1-12-6-8-24-11-17(12)27-19(29)14-10-25-28-9-7-16(26-18(14)28)13-4-2-3-5-15(13)20(21,22)23/h2-11H,1H3,(H,27,29). The molecule has 9 heteroatoms. The van der Waals surface area contributed by atoms with Gasteiger partial charge in [-0.05, 0) is 30.7 Å². The van der Waals surface area contributed by atoms with Gasteiger partial charge in [-0.1, -0.05) is 18.2 Å². The third-order valence-electron chi connectivity index (χ3n) is 4.41. The molecular weight excluding hydrogens is 383 g/mol. The van der Waals surface area contributed by atoms with Crippen LogP contribution < -0.4 is 5.32 Å². The van der Waals surface area contributed by atoms with E-state index in [1.165, 1.54) is 47.4 Å². The van der Waals surface area contributed by atoms with Gasteiger partial charge in [-0.2, -0.15) is 18.3 Å². The van der Waals surface area contributed by atoms with E-state index in [4.69, 9.17) is 0 Å². The van der Waals surface area contributed by atoms with Crippen LogP contribution in [0.25, 0.3) is 16.9 Å². The molecule has 0 unspecified atom stereocenters. The number of carbonyl (C=O) groups is 1. The molecule has 6 nitrogen and oxygen atoms in total. The second-order valence-corrected chi connectivity index (χ2v) is 6.33. The van der Waals surface area contributed by atoms with E-state index >= 15 is 0 Å². The predicted molar refractivity (Wildman–Crippen MR) is 100 cm³/mol. The molecule has 0 aliphatic carbocycles. The van der Waals surface area contributed by atoms with Crippen LogP contribution in [-0.2, 0) is 6.18 Å². The van der Waals surface area contributed by atoms with Gasteiger partial charge in [0, 0.05) is 18.0 Å². The van der Waals surface area contributed by atoms with Crippen molar-refractivity contribution in [2.45, 2.75) is 13.1 Å². The normalized spacial score (nSPS) is 11.6. The maximum Gasteiger partial charge on any atom is 0.417 e. The maximum absolute atomic E-state index is 13.4. The smallest absolute Gasteiger partial charge is 0.320 e. The summed E-state index contributed by atoms with van der Waals surface area (Å²) in [4.78, 5) is 21.0. The minimum absolute atomic E-state index is 0.0711. The molecule has 3 aromatic heterocycles. The number of hydrogen-bond acceptors (Lipinski definition) is 4. The Kier molecular flexibility index (Phi) is 4.50. The highest BCUT2D eigenvalue weighted by Crippen LogP contribution is 2.36. The van der Waals surface area contributed by atoms with Crippen LogP contribution in [0.4, 0.5) is 18.9 Å². The molecule has 0 atom stereocenters. The molecule has 1 amide bonds. The Hall–Kier alpha value is -3.75. The number of amides is 1. The summed E-state index contributed by atoms with van der Waals surface area (Å²) >= 11 is 0. The van der Waals surface area contributed by atoms with Gasteiger partial charge in [0.1, 0.15) is 5.56 Å². The van der Waals surface area contributed by atoms with E-state index in [1.807, 2.05) is 6.92 Å². The van der Waals surface area contributed by atoms with Gasteiger partial charge in [-0.15, -0.1) is 0 Å². The zero-order valence-corrected chi connectivity index (χ0v) is 15.1. The molecular formula is C20H14F3N5O. The third-order valence-corrected chi connectivity index (χ3v) is 4.41. The van der Waals surface area contributed by atoms with E-state index in [0.29, 0.717) is 5.69 Å². The number of anilines is 1. The van der Waals surface area contributed by atoms with Crippen molar-refractivity contribution in [3.8, 4) is 11.3 Å². The van der Waals surface area contributed by atoms with Crippen LogP contribution in [0.2, 0.25) is 0 Å². The first-order valence-electron chi connectivity index (χ1n) is 8.57. The quantitative estimate of drug-likeness (QED) is 0.557. The van der Waals surface area contributed by atoms with Crippen molar-refractivity contribution in [2.75, 3.05) is 5.32 Å². The lowest BCUT2D eigenvalue weighted by molar-refractivity contribution is -0.137. The fraction of sp³-hybridized carbons (Fsp3) is 0.100. The van der Waals surface area contributed by atoms with Crippen molar-refractivity contribution in [1.82, 2.24) is 19.6 Å². The van der Waals surface area contributed by atoms with Gasteiger partial charge in [0.05, 0.1) is 29.3 Å². The van der Waals surface area contributed by atoms with Gasteiger partial charge >= 0.3 is 6.18 Å². The minimum Gasteiger partial charge on any atom is -0.320 e. The fourth-order valence-electron chi connectivity index (χ4n) is 2.92. The Bertz CT molecular complexity index is 1220. The first kappa shape index (κ1) is 18.6. The van der Waals surface area contributed by atoms with Crippen molar-refractivity contribution in [2.24, 2.45) is 0 Å². The van der Waals surface area contributed by atoms with Gasteiger partial charge < -0.3 is 5.32 Å². The average molecular weight is 397 g/mol. The number of fused-ring (bicyclic) bond motifs is 1. The van der Waals surface area contributed by atoms with Crippen LogP contribution in [0.5, 0.6) is 0 Å². The number of aryl methyl sites for hydroxylation is 1. The molecule has 0 saturated heterocycles. The van der Waals surface area contributed by atoms with Gasteiger partial charge in [-0.3, -0.25) is 9.78 Å². The number of rotatable bonds is 3. The second-order valence-electron chi connectivity index (χ2n) is 6.33. The first-order valence-corrected chi connectivity index (χ1v) is 8.57. The van der Waals surface area contributed by atoms with Crippen molar-refractivity contribution in [1.29, 1.82) is 0 Å². The van der Waals surface area contributed by atoms with E-state index in [0.717, 1.165) is 11.6 Å². The monoisotopic (exact) mass is 397 g/mol. The topological polar surface area (TPSA) is 72.2 Å². The number of aromatic nitrogens is 4. The van der Waals surface area contributed by atoms with Crippen molar-refractivity contribution in [3.05, 3.63) is 77.9 Å². The van der Waals surface area contributed by atoms with Crippen LogP contribution in [0.3, 0.4) is 0 Å². The Balaban J connectivity index is 1.77. The Morgan fingerprint density at radius 1 is 1.10 bits per heavy atom. The van der Waals surface area contributed by atoms with Crippen molar-refractivity contribution < 1.29 is 18.0 Å². The van der Waals surface area contributed by atoms with Gasteiger partial charge in [0.15, 0.2) is 5.65 Å². The Labute approximate surface area is 163 Å². The lowest BCUT2D eigenvalue weighted by Crippen LogP contribution is -2.13. The maximum atomic E-state index is 13.4. The van der Waals surface area contributed by atoms with Gasteiger partial charge in [0.25, 0.3) is 5.91 Å². The molecule has 1 N–H and O–H groups in total. The molecule has 4 aromatic rings. The van der Waals surface area contributed by atoms with Crippen LogP contribution in [0.1, 0.15) is 21.5 Å². The van der Waals surface area contributed by atoms with Crippen LogP contribution >= 0.6 is 0 Å². The van der Waals surface area contributed by atoms with E-state index < -0.39 is 17.6 Å². The SMILES string of the molecule is Cc1ccncc1NC(=O)c1cnn2ccc(-c3ccccc3C(F)(F)F)nc12. The fourth-order valence-corrected chi connectivity index (χ4v) is 2.92. The van der Waals surface area contributed by atoms with E-state index in [-0.39, 0.29) is 22.5 Å². The van der Waals surface area contributed by atoms with Crippen LogP contribution in [0.15, 0.2) is 61.2 Å². The summed E-state index contributed by atoms with van der Waals surface area (Å²) in [5.74, 6) is -0.482. The number of carbonyl (C=O) groups excluding carboxylic acids is 1. The molecule has 0 saturated carbocycles. The van der Waals surface area contributed by atoms with E-state index in [9.17, 15) is 18.0 Å². The molecule has 146 valence electrons. The third kappa shape index (κ3) is 3.54. The summed E-state index contributed by atoms with van der Waals surface area (Å²) < 4.78 is 41.4. The summed E-state index contributed by atoms with van der Waals surface area (Å²) in [6.45, 7) is 1.82. The van der Waals surface area contributed by atoms with Crippen LogP contribution in [0, 0.1) is 6.92 Å². The van der Waals surface area contributed by atoms with Crippen LogP contribution in [-0.4, -0.2) is 25.5 Å². The van der Waals surface area contributed by atoms with Crippen molar-refractivity contribution >= 4 is 17.2 Å². The molecule has 29 heavy (non-hydrogen) atoms. The number of benzene rings is 1. The molecule has 0 fully saturated rings. The molecule has 0 aliphatic heterocycles. The second kappa shape index (κ2) is 7.01. The molecule has 0 bridgehead atoms. The van der Waals surface area contributed by atoms with Gasteiger partial charge in [0.2, 0.25) is 0 Å². The highest BCUT2D eigenvalue weighted by atomic mass is 19.4. The summed E-state index contributed by atoms with van der Waals surface area (Å²) in [5, 5.41) is 6.79. The predicted octanol–water partition coefficient (Wildman–Crippen LogP) is 4.37. The Morgan fingerprint density at radius 2 is 1.90 bits per heavy atom. The summed E-state index contributed by atoms with van der Waals surface area (Å²) in [6, 6.07) is 8.34. The number of nitrogens with one attached hydrogen (secondary N) is 1. The molecule has 3 heterocycles. The number of nitrogens with zero attached hydrogens (tertiary/aromatic N) is 4. The number of hydrogen-bond donors (Lipinski definition) is 1. The number of pyridine rings is 1.